The van der Waals surface area contributed by atoms with E-state index in [0.717, 1.165) is 31.2 Å². The molecule has 1 aliphatic rings. The number of amides is 1. The third kappa shape index (κ3) is 4.67. The van der Waals surface area contributed by atoms with Crippen molar-refractivity contribution in [1.29, 1.82) is 0 Å². The Balaban J connectivity index is 1.43. The second kappa shape index (κ2) is 9.67. The number of anilines is 1. The lowest BCUT2D eigenvalue weighted by molar-refractivity contribution is -0.119. The Bertz CT molecular complexity index is 1410. The minimum absolute atomic E-state index is 0.00422. The van der Waals surface area contributed by atoms with Crippen LogP contribution in [0.1, 0.15) is 38.4 Å². The molecule has 0 aromatic carbocycles. The molecule has 5 rings (SSSR count). The number of pyridine rings is 1. The molecule has 1 fully saturated rings. The number of carbonyl (C=O) groups is 1. The van der Waals surface area contributed by atoms with E-state index in [0.29, 0.717) is 45.4 Å². The van der Waals surface area contributed by atoms with Gasteiger partial charge in [-0.1, -0.05) is 0 Å². The van der Waals surface area contributed by atoms with E-state index in [1.54, 1.807) is 32.5 Å². The Morgan fingerprint density at radius 1 is 1.22 bits per heavy atom. The molecule has 0 radical (unpaired) electrons. The summed E-state index contributed by atoms with van der Waals surface area (Å²) in [6, 6.07) is 2.19. The van der Waals surface area contributed by atoms with Crippen LogP contribution in [0.5, 0.6) is 5.88 Å². The number of ether oxygens (including phenoxy) is 1. The maximum absolute atomic E-state index is 13.1. The van der Waals surface area contributed by atoms with E-state index in [2.05, 4.69) is 35.6 Å². The molecule has 0 aliphatic heterocycles. The van der Waals surface area contributed by atoms with E-state index in [4.69, 9.17) is 4.74 Å². The van der Waals surface area contributed by atoms with Crippen molar-refractivity contribution in [1.82, 2.24) is 34.8 Å². The molecule has 1 saturated carbocycles. The van der Waals surface area contributed by atoms with E-state index in [9.17, 15) is 13.6 Å². The average Bonchev–Trinajstić information content (AvgIpc) is 3.40. The number of alkyl halides is 2. The fraction of sp³-hybridized carbons (Fsp3) is 0.458. The molecule has 4 aromatic heterocycles. The van der Waals surface area contributed by atoms with Crippen LogP contribution in [0.25, 0.3) is 33.3 Å². The molecule has 0 bridgehead atoms. The van der Waals surface area contributed by atoms with Crippen LogP contribution in [0.15, 0.2) is 18.5 Å². The average molecular weight is 499 g/mol. The number of methoxy groups -OCH3 is 1. The van der Waals surface area contributed by atoms with Crippen molar-refractivity contribution >= 4 is 34.1 Å². The number of halogens is 2. The summed E-state index contributed by atoms with van der Waals surface area (Å²) in [7, 11) is 1.55. The summed E-state index contributed by atoms with van der Waals surface area (Å²) < 4.78 is 33.3. The van der Waals surface area contributed by atoms with Gasteiger partial charge >= 0.3 is 0 Å². The number of aromatic amines is 1. The Morgan fingerprint density at radius 2 is 1.97 bits per heavy atom. The minimum atomic E-state index is -2.50. The summed E-state index contributed by atoms with van der Waals surface area (Å²) >= 11 is 0. The van der Waals surface area contributed by atoms with E-state index in [1.165, 1.54) is 11.5 Å². The highest BCUT2D eigenvalue weighted by Gasteiger charge is 2.24. The van der Waals surface area contributed by atoms with Crippen molar-refractivity contribution in [3.05, 3.63) is 24.3 Å². The van der Waals surface area contributed by atoms with Crippen molar-refractivity contribution in [3.8, 4) is 17.0 Å². The van der Waals surface area contributed by atoms with Gasteiger partial charge in [0.1, 0.15) is 11.5 Å². The zero-order valence-corrected chi connectivity index (χ0v) is 20.3. The van der Waals surface area contributed by atoms with Gasteiger partial charge in [-0.2, -0.15) is 9.97 Å². The van der Waals surface area contributed by atoms with Gasteiger partial charge in [-0.05, 0) is 38.7 Å². The van der Waals surface area contributed by atoms with Crippen LogP contribution in [0.3, 0.4) is 0 Å². The lowest BCUT2D eigenvalue weighted by Gasteiger charge is -2.29. The summed E-state index contributed by atoms with van der Waals surface area (Å²) in [5.41, 5.74) is 3.00. The van der Waals surface area contributed by atoms with Crippen LogP contribution in [0, 0.1) is 6.92 Å². The van der Waals surface area contributed by atoms with E-state index >= 15 is 0 Å². The normalized spacial score (nSPS) is 18.2. The molecule has 0 saturated heterocycles. The van der Waals surface area contributed by atoms with Gasteiger partial charge in [0.15, 0.2) is 5.65 Å². The number of H-pyrrole nitrogens is 1. The third-order valence-electron chi connectivity index (χ3n) is 6.59. The Morgan fingerprint density at radius 3 is 2.67 bits per heavy atom. The number of aromatic nitrogens is 6. The van der Waals surface area contributed by atoms with Crippen LogP contribution in [-0.4, -0.2) is 61.0 Å². The number of hydrogen-bond donors (Lipinski definition) is 3. The highest BCUT2D eigenvalue weighted by molar-refractivity contribution is 5.98. The number of rotatable bonds is 7. The molecule has 3 N–H and O–H groups in total. The number of hydrogen-bond acceptors (Lipinski definition) is 7. The fourth-order valence-electron chi connectivity index (χ4n) is 4.93. The number of carbonyl (C=O) groups excluding carboxylic acids is 1. The highest BCUT2D eigenvalue weighted by Crippen LogP contribution is 2.35. The molecule has 1 aliphatic carbocycles. The van der Waals surface area contributed by atoms with Crippen molar-refractivity contribution < 1.29 is 18.3 Å². The predicted octanol–water partition coefficient (Wildman–Crippen LogP) is 3.81. The van der Waals surface area contributed by atoms with Gasteiger partial charge in [0.25, 0.3) is 6.43 Å². The van der Waals surface area contributed by atoms with Gasteiger partial charge in [-0.3, -0.25) is 4.79 Å². The molecule has 0 atom stereocenters. The van der Waals surface area contributed by atoms with Gasteiger partial charge < -0.3 is 24.9 Å². The summed E-state index contributed by atoms with van der Waals surface area (Å²) in [6.45, 7) is 2.78. The second-order valence-corrected chi connectivity index (χ2v) is 9.10. The van der Waals surface area contributed by atoms with Crippen LogP contribution in [-0.2, 0) is 11.3 Å². The lowest BCUT2D eigenvalue weighted by Crippen LogP contribution is -2.39. The first kappa shape index (κ1) is 23.9. The fourth-order valence-corrected chi connectivity index (χ4v) is 4.93. The number of nitrogens with one attached hydrogen (secondary N) is 3. The molecular weight excluding hydrogens is 470 g/mol. The van der Waals surface area contributed by atoms with Gasteiger partial charge in [0, 0.05) is 42.5 Å². The molecule has 12 heteroatoms. The van der Waals surface area contributed by atoms with E-state index in [-0.39, 0.29) is 18.0 Å². The summed E-state index contributed by atoms with van der Waals surface area (Å²) in [5.74, 6) is 1.32. The highest BCUT2D eigenvalue weighted by atomic mass is 19.3. The largest absolute Gasteiger partial charge is 0.480 e. The first-order valence-corrected chi connectivity index (χ1v) is 11.9. The summed E-state index contributed by atoms with van der Waals surface area (Å²) in [5, 5.41) is 7.05. The van der Waals surface area contributed by atoms with Crippen LogP contribution in [0.4, 0.5) is 14.7 Å². The second-order valence-electron chi connectivity index (χ2n) is 9.10. The third-order valence-corrected chi connectivity index (χ3v) is 6.59. The van der Waals surface area contributed by atoms with Gasteiger partial charge in [0.2, 0.25) is 17.7 Å². The number of nitrogens with zero attached hydrogens (tertiary/aromatic N) is 5. The molecule has 4 heterocycles. The Hall–Kier alpha value is -3.83. The molecule has 0 unspecified atom stereocenters. The van der Waals surface area contributed by atoms with Crippen molar-refractivity contribution in [2.75, 3.05) is 12.4 Å². The molecular formula is C24H28F2N8O2. The van der Waals surface area contributed by atoms with Crippen LogP contribution in [0.2, 0.25) is 0 Å². The molecule has 4 aromatic rings. The summed E-state index contributed by atoms with van der Waals surface area (Å²) in [6.07, 6.45) is 4.50. The Kier molecular flexibility index (Phi) is 6.42. The molecule has 36 heavy (non-hydrogen) atoms. The van der Waals surface area contributed by atoms with Gasteiger partial charge in [0.05, 0.1) is 24.6 Å². The standard InChI is InChI=1S/C24H28F2N8O2/c1-12-29-21-18(34(12)11-19(25)26)8-14(9-27-21)17-10-28-22-20(17)23(36-3)33-24(32-22)31-16-6-4-15(5-7-16)30-13(2)35/h8-10,15-16,19H,4-7,11H2,1-3H3,(H,30,35)(H2,28,31,32,33). The monoisotopic (exact) mass is 498 g/mol. The number of fused-ring (bicyclic) bond motifs is 2. The first-order valence-electron chi connectivity index (χ1n) is 11.9. The van der Waals surface area contributed by atoms with Gasteiger partial charge in [-0.15, -0.1) is 0 Å². The van der Waals surface area contributed by atoms with E-state index < -0.39 is 13.0 Å². The maximum atomic E-state index is 13.1. The molecule has 10 nitrogen and oxygen atoms in total. The van der Waals surface area contributed by atoms with E-state index in [1.807, 2.05) is 0 Å². The van der Waals surface area contributed by atoms with Gasteiger partial charge in [-0.25, -0.2) is 18.7 Å². The number of aryl methyl sites for hydroxylation is 1. The van der Waals surface area contributed by atoms with Crippen molar-refractivity contribution in [2.45, 2.75) is 64.6 Å². The quantitative estimate of drug-likeness (QED) is 0.354. The Labute approximate surface area is 205 Å². The molecule has 190 valence electrons. The van der Waals surface area contributed by atoms with Crippen molar-refractivity contribution in [2.24, 2.45) is 0 Å². The lowest BCUT2D eigenvalue weighted by atomic mass is 9.91. The topological polar surface area (TPSA) is 123 Å². The maximum Gasteiger partial charge on any atom is 0.256 e. The first-order chi connectivity index (χ1) is 17.3. The predicted molar refractivity (Wildman–Crippen MR) is 131 cm³/mol. The molecule has 0 spiro atoms. The van der Waals surface area contributed by atoms with Crippen molar-refractivity contribution in [3.63, 3.8) is 0 Å². The SMILES string of the molecule is COc1nc(NC2CCC(NC(C)=O)CC2)nc2[nH]cc(-c3cnc4nc(C)n(CC(F)F)c4c3)c12. The minimum Gasteiger partial charge on any atom is -0.480 e. The molecule has 1 amide bonds. The van der Waals surface area contributed by atoms with Crippen LogP contribution < -0.4 is 15.4 Å². The smallest absolute Gasteiger partial charge is 0.256 e. The number of imidazole rings is 1. The summed E-state index contributed by atoms with van der Waals surface area (Å²) in [4.78, 5) is 32.4. The van der Waals surface area contributed by atoms with Crippen LogP contribution >= 0.6 is 0 Å². The zero-order chi connectivity index (χ0) is 25.4. The zero-order valence-electron chi connectivity index (χ0n) is 20.3.